The first-order valence-corrected chi connectivity index (χ1v) is 13.3. The molecule has 1 aliphatic carbocycles. The van der Waals surface area contributed by atoms with Crippen molar-refractivity contribution in [3.63, 3.8) is 0 Å². The maximum Gasteiger partial charge on any atom is 0.471 e. The Labute approximate surface area is 231 Å². The first-order chi connectivity index (χ1) is 18.6. The van der Waals surface area contributed by atoms with Gasteiger partial charge in [0.1, 0.15) is 18.1 Å². The molecule has 0 radical (unpaired) electrons. The van der Waals surface area contributed by atoms with Crippen molar-refractivity contribution >= 4 is 29.3 Å². The number of rotatable bonds is 7. The normalized spacial score (nSPS) is 23.7. The summed E-state index contributed by atoms with van der Waals surface area (Å²) >= 11 is 0. The van der Waals surface area contributed by atoms with Crippen molar-refractivity contribution in [2.75, 3.05) is 18.9 Å². The van der Waals surface area contributed by atoms with Gasteiger partial charge in [-0.2, -0.15) is 18.4 Å². The van der Waals surface area contributed by atoms with Crippen LogP contribution in [0.3, 0.4) is 0 Å². The maximum absolute atomic E-state index is 14.1. The standard InChI is InChI=1S/C28H34F3N5O4/c1-26(2,3)13-21(35(4)22(37)20(11-16-9-10-16)34-25(40)28(29,30)31)23(38)36-15-27(12-17(36)14-32)18-7-5-6-8-19(18)33-24(27)39/h5-8,16-17,20-21H,9-13,15H2,1-4H3,(H,33,39)(H,34,40)/t17-,20?,21-,27-/m0/s1. The second-order valence-corrected chi connectivity index (χ2v) is 12.3. The molecule has 2 fully saturated rings. The minimum Gasteiger partial charge on any atom is -0.336 e. The Balaban J connectivity index is 1.63. The van der Waals surface area contributed by atoms with E-state index < -0.39 is 52.9 Å². The number of benzene rings is 1. The van der Waals surface area contributed by atoms with Crippen LogP contribution in [0.1, 0.15) is 58.4 Å². The van der Waals surface area contributed by atoms with E-state index in [-0.39, 0.29) is 37.6 Å². The van der Waals surface area contributed by atoms with Gasteiger partial charge in [-0.05, 0) is 35.8 Å². The summed E-state index contributed by atoms with van der Waals surface area (Å²) in [6, 6.07) is 5.65. The zero-order valence-electron chi connectivity index (χ0n) is 23.0. The Morgan fingerprint density at radius 3 is 2.45 bits per heavy atom. The van der Waals surface area contributed by atoms with E-state index in [1.54, 1.807) is 24.3 Å². The molecule has 1 unspecified atom stereocenters. The molecule has 4 amide bonds. The topological polar surface area (TPSA) is 123 Å². The molecule has 0 bridgehead atoms. The predicted octanol–water partition coefficient (Wildman–Crippen LogP) is 3.11. The molecule has 4 rings (SSSR count). The fourth-order valence-corrected chi connectivity index (χ4v) is 5.70. The van der Waals surface area contributed by atoms with Crippen LogP contribution >= 0.6 is 0 Å². The molecule has 2 N–H and O–H groups in total. The molecule has 0 aromatic heterocycles. The number of carbonyl (C=O) groups excluding carboxylic acids is 4. The lowest BCUT2D eigenvalue weighted by atomic mass is 9.80. The Hall–Kier alpha value is -3.62. The van der Waals surface area contributed by atoms with Crippen molar-refractivity contribution in [2.45, 2.75) is 82.6 Å². The minimum atomic E-state index is -5.16. The van der Waals surface area contributed by atoms with E-state index in [0.29, 0.717) is 11.3 Å². The minimum absolute atomic E-state index is 0.00927. The molecule has 216 valence electrons. The van der Waals surface area contributed by atoms with Crippen molar-refractivity contribution in [1.29, 1.82) is 5.26 Å². The van der Waals surface area contributed by atoms with E-state index >= 15 is 0 Å². The van der Waals surface area contributed by atoms with Crippen LogP contribution in [0.2, 0.25) is 0 Å². The summed E-state index contributed by atoms with van der Waals surface area (Å²) in [5.74, 6) is -3.90. The molecule has 1 saturated heterocycles. The van der Waals surface area contributed by atoms with Gasteiger partial charge in [0, 0.05) is 25.7 Å². The number of nitriles is 1. The molecular formula is C28H34F3N5O4. The lowest BCUT2D eigenvalue weighted by molar-refractivity contribution is -0.175. The van der Waals surface area contributed by atoms with Gasteiger partial charge in [-0.25, -0.2) is 0 Å². The number of fused-ring (bicyclic) bond motifs is 2. The first-order valence-electron chi connectivity index (χ1n) is 13.3. The molecule has 40 heavy (non-hydrogen) atoms. The van der Waals surface area contributed by atoms with Gasteiger partial charge in [0.25, 0.3) is 0 Å². The lowest BCUT2D eigenvalue weighted by Crippen LogP contribution is -2.57. The zero-order chi connectivity index (χ0) is 29.6. The molecule has 2 aliphatic heterocycles. The van der Waals surface area contributed by atoms with Crippen LogP contribution < -0.4 is 10.6 Å². The van der Waals surface area contributed by atoms with Crippen molar-refractivity contribution in [1.82, 2.24) is 15.1 Å². The molecule has 1 aromatic rings. The molecule has 4 atom stereocenters. The van der Waals surface area contributed by atoms with E-state index in [1.807, 2.05) is 26.1 Å². The molecule has 2 heterocycles. The molecule has 1 aromatic carbocycles. The monoisotopic (exact) mass is 561 g/mol. The summed E-state index contributed by atoms with van der Waals surface area (Å²) in [7, 11) is 1.33. The van der Waals surface area contributed by atoms with Gasteiger partial charge < -0.3 is 20.4 Å². The van der Waals surface area contributed by atoms with E-state index in [2.05, 4.69) is 11.4 Å². The summed E-state index contributed by atoms with van der Waals surface area (Å²) in [5, 5.41) is 14.6. The van der Waals surface area contributed by atoms with Crippen molar-refractivity contribution in [3.8, 4) is 6.07 Å². The number of amides is 4. The lowest BCUT2D eigenvalue weighted by Gasteiger charge is -2.37. The van der Waals surface area contributed by atoms with Crippen molar-refractivity contribution < 1.29 is 32.3 Å². The summed E-state index contributed by atoms with van der Waals surface area (Å²) in [4.78, 5) is 55.0. The average molecular weight is 562 g/mol. The van der Waals surface area contributed by atoms with E-state index in [4.69, 9.17) is 0 Å². The average Bonchev–Trinajstić information content (AvgIpc) is 3.54. The number of nitrogens with one attached hydrogen (secondary N) is 2. The molecule has 12 heteroatoms. The molecule has 1 spiro atoms. The molecular weight excluding hydrogens is 527 g/mol. The van der Waals surface area contributed by atoms with Crippen LogP contribution in [-0.2, 0) is 24.6 Å². The third-order valence-electron chi connectivity index (χ3n) is 7.95. The van der Waals surface area contributed by atoms with Crippen LogP contribution in [-0.4, -0.2) is 71.3 Å². The van der Waals surface area contributed by atoms with Crippen molar-refractivity contribution in [3.05, 3.63) is 29.8 Å². The third-order valence-corrected chi connectivity index (χ3v) is 7.95. The summed E-state index contributed by atoms with van der Waals surface area (Å²) in [6.07, 6.45) is -3.44. The number of halogens is 3. The highest BCUT2D eigenvalue weighted by Crippen LogP contribution is 2.46. The van der Waals surface area contributed by atoms with Gasteiger partial charge >= 0.3 is 12.1 Å². The number of anilines is 1. The number of carbonyl (C=O) groups is 4. The highest BCUT2D eigenvalue weighted by molar-refractivity contribution is 6.07. The summed E-state index contributed by atoms with van der Waals surface area (Å²) in [5.41, 5.74) is -0.323. The Morgan fingerprint density at radius 1 is 1.23 bits per heavy atom. The van der Waals surface area contributed by atoms with E-state index in [1.165, 1.54) is 11.9 Å². The Morgan fingerprint density at radius 2 is 1.88 bits per heavy atom. The summed E-state index contributed by atoms with van der Waals surface area (Å²) in [6.45, 7) is 5.48. The van der Waals surface area contributed by atoms with Crippen LogP contribution in [0.4, 0.5) is 18.9 Å². The third kappa shape index (κ3) is 5.78. The van der Waals surface area contributed by atoms with Gasteiger partial charge in [-0.1, -0.05) is 51.8 Å². The van der Waals surface area contributed by atoms with Crippen LogP contribution in [0.25, 0.3) is 0 Å². The smallest absolute Gasteiger partial charge is 0.336 e. The van der Waals surface area contributed by atoms with Crippen molar-refractivity contribution in [2.24, 2.45) is 11.3 Å². The molecule has 3 aliphatic rings. The maximum atomic E-state index is 14.1. The molecule has 9 nitrogen and oxygen atoms in total. The Bertz CT molecular complexity index is 1250. The van der Waals surface area contributed by atoms with Gasteiger partial charge in [0.15, 0.2) is 0 Å². The quantitative estimate of drug-likeness (QED) is 0.530. The number of alkyl halides is 3. The number of nitrogens with zero attached hydrogens (tertiary/aromatic N) is 3. The largest absolute Gasteiger partial charge is 0.471 e. The summed E-state index contributed by atoms with van der Waals surface area (Å²) < 4.78 is 39.1. The first kappa shape index (κ1) is 29.4. The zero-order valence-corrected chi connectivity index (χ0v) is 23.0. The second-order valence-electron chi connectivity index (χ2n) is 12.3. The highest BCUT2D eigenvalue weighted by Gasteiger charge is 2.57. The van der Waals surface area contributed by atoms with Gasteiger partial charge in [-0.15, -0.1) is 0 Å². The highest BCUT2D eigenvalue weighted by atomic mass is 19.4. The number of hydrogen-bond donors (Lipinski definition) is 2. The fourth-order valence-electron chi connectivity index (χ4n) is 5.70. The van der Waals surface area contributed by atoms with Crippen LogP contribution in [0, 0.1) is 22.7 Å². The predicted molar refractivity (Wildman–Crippen MR) is 138 cm³/mol. The fraction of sp³-hybridized carbons (Fsp3) is 0.607. The van der Waals surface area contributed by atoms with Crippen LogP contribution in [0.5, 0.6) is 0 Å². The number of hydrogen-bond acceptors (Lipinski definition) is 5. The Kier molecular flexibility index (Phi) is 7.64. The van der Waals surface area contributed by atoms with Gasteiger partial charge in [0.2, 0.25) is 17.7 Å². The second kappa shape index (κ2) is 10.4. The number of para-hydroxylation sites is 1. The number of likely N-dealkylation sites (N-methyl/N-ethyl adjacent to an activating group) is 1. The van der Waals surface area contributed by atoms with Gasteiger partial charge in [-0.3, -0.25) is 19.2 Å². The van der Waals surface area contributed by atoms with Crippen LogP contribution in [0.15, 0.2) is 24.3 Å². The van der Waals surface area contributed by atoms with E-state index in [0.717, 1.165) is 17.7 Å². The van der Waals surface area contributed by atoms with Gasteiger partial charge in [0.05, 0.1) is 11.5 Å². The number of likely N-dealkylation sites (tertiary alicyclic amines) is 1. The SMILES string of the molecule is CN(C(=O)C(CC1CC1)NC(=O)C(F)(F)F)[C@@H](CC(C)(C)C)C(=O)N1C[C@]2(C[C@H]1C#N)C(=O)Nc1ccccc12. The van der Waals surface area contributed by atoms with E-state index in [9.17, 15) is 37.6 Å². The molecule has 1 saturated carbocycles.